The molecule has 25 heavy (non-hydrogen) atoms. The number of nitrogens with zero attached hydrogens (tertiary/aromatic N) is 1. The number of nitrogens with one attached hydrogen (secondary N) is 1. The van der Waals surface area contributed by atoms with Crippen LogP contribution in [0.15, 0.2) is 48.8 Å². The van der Waals surface area contributed by atoms with Crippen molar-refractivity contribution in [2.24, 2.45) is 5.92 Å². The maximum atomic E-state index is 12.2. The summed E-state index contributed by atoms with van der Waals surface area (Å²) in [6, 6.07) is 9.19. The Bertz CT molecular complexity index is 800. The number of rotatable bonds is 5. The number of allylic oxidation sites excluding steroid dienone is 1. The molecule has 0 saturated heterocycles. The molecule has 2 aromatic rings. The lowest BCUT2D eigenvalue weighted by atomic mass is 9.81. The summed E-state index contributed by atoms with van der Waals surface area (Å²) in [6.45, 7) is 0. The Morgan fingerprint density at radius 1 is 1.28 bits per heavy atom. The first-order valence-corrected chi connectivity index (χ1v) is 8.33. The lowest BCUT2D eigenvalue weighted by Crippen LogP contribution is -2.21. The van der Waals surface area contributed by atoms with Crippen molar-refractivity contribution in [3.8, 4) is 0 Å². The molecule has 0 saturated carbocycles. The predicted molar refractivity (Wildman–Crippen MR) is 94.1 cm³/mol. The number of carbonyl (C=O) groups is 2. The number of ketones is 1. The second-order valence-corrected chi connectivity index (χ2v) is 6.32. The minimum absolute atomic E-state index is 0.0987. The first kappa shape index (κ1) is 17.0. The molecule has 1 amide bonds. The quantitative estimate of drug-likeness (QED) is 0.500. The summed E-state index contributed by atoms with van der Waals surface area (Å²) in [7, 11) is 0. The van der Waals surface area contributed by atoms with Gasteiger partial charge >= 0.3 is 0 Å². The monoisotopic (exact) mass is 336 g/mol. The van der Waals surface area contributed by atoms with Gasteiger partial charge in [0.2, 0.25) is 0 Å². The van der Waals surface area contributed by atoms with E-state index >= 15 is 0 Å². The number of pyridine rings is 1. The molecule has 1 unspecified atom stereocenters. The summed E-state index contributed by atoms with van der Waals surface area (Å²) in [5.74, 6) is -0.145. The van der Waals surface area contributed by atoms with Gasteiger partial charge in [0.25, 0.3) is 5.91 Å². The van der Waals surface area contributed by atoms with E-state index < -0.39 is 5.91 Å². The minimum atomic E-state index is -0.514. The fourth-order valence-corrected chi connectivity index (χ4v) is 3.23. The molecule has 0 radical (unpaired) electrons. The summed E-state index contributed by atoms with van der Waals surface area (Å²) in [5.41, 5.74) is 5.30. The van der Waals surface area contributed by atoms with E-state index in [1.54, 1.807) is 36.1 Å². The average molecular weight is 336 g/mol. The van der Waals surface area contributed by atoms with Gasteiger partial charge in [-0.3, -0.25) is 19.8 Å². The van der Waals surface area contributed by atoms with Gasteiger partial charge in [-0.2, -0.15) is 0 Å². The molecule has 1 aliphatic rings. The van der Waals surface area contributed by atoms with Crippen LogP contribution in [0.4, 0.5) is 0 Å². The number of carbonyl (C=O) groups excluding carboxylic acids is 2. The van der Waals surface area contributed by atoms with Gasteiger partial charge in [0.1, 0.15) is 0 Å². The Hall–Kier alpha value is -2.79. The highest BCUT2D eigenvalue weighted by molar-refractivity contribution is 5.94. The Morgan fingerprint density at radius 2 is 2.16 bits per heavy atom. The topological polar surface area (TPSA) is 79.3 Å². The minimum Gasteiger partial charge on any atom is -0.295 e. The van der Waals surface area contributed by atoms with Gasteiger partial charge < -0.3 is 0 Å². The molecule has 1 heterocycles. The van der Waals surface area contributed by atoms with Gasteiger partial charge in [-0.15, -0.1) is 0 Å². The molecule has 5 nitrogen and oxygen atoms in total. The molecule has 1 aromatic heterocycles. The number of hydrogen-bond acceptors (Lipinski definition) is 4. The van der Waals surface area contributed by atoms with Crippen LogP contribution in [0.1, 0.15) is 39.9 Å². The van der Waals surface area contributed by atoms with Gasteiger partial charge in [0.15, 0.2) is 5.78 Å². The largest absolute Gasteiger partial charge is 0.295 e. The summed E-state index contributed by atoms with van der Waals surface area (Å²) in [5, 5.41) is 8.76. The standard InChI is InChI=1S/C20H20N2O3/c23-19(8-4-14-2-1-9-21-13-14)11-15-3-5-16-6-7-17(20(24)22-25)12-18(16)10-15/h1-2,4,6-9,12-13,15,25H,3,5,10-11H2,(H,22,24)/b8-4+. The zero-order valence-electron chi connectivity index (χ0n) is 13.8. The van der Waals surface area contributed by atoms with Gasteiger partial charge in [-0.05, 0) is 72.2 Å². The Morgan fingerprint density at radius 3 is 2.92 bits per heavy atom. The van der Waals surface area contributed by atoms with E-state index in [1.165, 1.54) is 5.56 Å². The van der Waals surface area contributed by atoms with Crippen LogP contribution >= 0.6 is 0 Å². The van der Waals surface area contributed by atoms with E-state index in [0.29, 0.717) is 12.0 Å². The second-order valence-electron chi connectivity index (χ2n) is 6.32. The van der Waals surface area contributed by atoms with E-state index in [9.17, 15) is 9.59 Å². The fourth-order valence-electron chi connectivity index (χ4n) is 3.23. The number of aryl methyl sites for hydroxylation is 1. The van der Waals surface area contributed by atoms with E-state index in [0.717, 1.165) is 30.4 Å². The Balaban J connectivity index is 1.63. The molecule has 0 spiro atoms. The van der Waals surface area contributed by atoms with Crippen molar-refractivity contribution >= 4 is 17.8 Å². The van der Waals surface area contributed by atoms with Crippen LogP contribution in [-0.4, -0.2) is 21.9 Å². The molecule has 3 rings (SSSR count). The molecule has 0 fully saturated rings. The zero-order valence-corrected chi connectivity index (χ0v) is 13.8. The van der Waals surface area contributed by atoms with E-state index in [1.807, 2.05) is 24.3 Å². The van der Waals surface area contributed by atoms with Crippen molar-refractivity contribution in [3.63, 3.8) is 0 Å². The van der Waals surface area contributed by atoms with Crippen molar-refractivity contribution in [2.45, 2.75) is 25.7 Å². The summed E-state index contributed by atoms with van der Waals surface area (Å²) in [4.78, 5) is 27.8. The van der Waals surface area contributed by atoms with Crippen LogP contribution in [0.2, 0.25) is 0 Å². The van der Waals surface area contributed by atoms with Crippen molar-refractivity contribution in [2.75, 3.05) is 0 Å². The van der Waals surface area contributed by atoms with Crippen LogP contribution in [0.3, 0.4) is 0 Å². The number of amides is 1. The maximum absolute atomic E-state index is 12.2. The van der Waals surface area contributed by atoms with E-state index in [4.69, 9.17) is 5.21 Å². The number of aromatic nitrogens is 1. The van der Waals surface area contributed by atoms with Crippen LogP contribution in [0.25, 0.3) is 6.08 Å². The maximum Gasteiger partial charge on any atom is 0.274 e. The number of hydrogen-bond donors (Lipinski definition) is 2. The van der Waals surface area contributed by atoms with Gasteiger partial charge in [0, 0.05) is 24.4 Å². The molecule has 1 aromatic carbocycles. The summed E-state index contributed by atoms with van der Waals surface area (Å²) >= 11 is 0. The third-order valence-electron chi connectivity index (χ3n) is 4.54. The lowest BCUT2D eigenvalue weighted by Gasteiger charge is -2.24. The highest BCUT2D eigenvalue weighted by Gasteiger charge is 2.21. The highest BCUT2D eigenvalue weighted by atomic mass is 16.5. The van der Waals surface area contributed by atoms with Gasteiger partial charge in [-0.1, -0.05) is 12.1 Å². The van der Waals surface area contributed by atoms with Crippen molar-refractivity contribution in [1.82, 2.24) is 10.5 Å². The Kier molecular flexibility index (Phi) is 5.36. The average Bonchev–Trinajstić information content (AvgIpc) is 2.66. The third-order valence-corrected chi connectivity index (χ3v) is 4.54. The Labute approximate surface area is 146 Å². The fraction of sp³-hybridized carbons (Fsp3) is 0.250. The van der Waals surface area contributed by atoms with Gasteiger partial charge in [0.05, 0.1) is 0 Å². The van der Waals surface area contributed by atoms with Gasteiger partial charge in [-0.25, -0.2) is 5.48 Å². The summed E-state index contributed by atoms with van der Waals surface area (Å²) in [6.07, 6.45) is 9.95. The number of hydroxylamine groups is 1. The first-order valence-electron chi connectivity index (χ1n) is 8.33. The molecular formula is C20H20N2O3. The highest BCUT2D eigenvalue weighted by Crippen LogP contribution is 2.28. The SMILES string of the molecule is O=C(/C=C/c1cccnc1)CC1CCc2ccc(C(=O)NO)cc2C1. The van der Waals surface area contributed by atoms with Crippen LogP contribution in [0.5, 0.6) is 0 Å². The van der Waals surface area contributed by atoms with E-state index in [-0.39, 0.29) is 11.7 Å². The molecular weight excluding hydrogens is 316 g/mol. The molecule has 1 aliphatic carbocycles. The first-order chi connectivity index (χ1) is 12.2. The summed E-state index contributed by atoms with van der Waals surface area (Å²) < 4.78 is 0. The van der Waals surface area contributed by atoms with Crippen molar-refractivity contribution < 1.29 is 14.8 Å². The van der Waals surface area contributed by atoms with Crippen molar-refractivity contribution in [3.05, 3.63) is 71.1 Å². The van der Waals surface area contributed by atoms with Crippen LogP contribution < -0.4 is 5.48 Å². The molecule has 0 bridgehead atoms. The second kappa shape index (κ2) is 7.85. The number of benzene rings is 1. The molecule has 5 heteroatoms. The van der Waals surface area contributed by atoms with Crippen molar-refractivity contribution in [1.29, 1.82) is 0 Å². The number of fused-ring (bicyclic) bond motifs is 1. The molecule has 2 N–H and O–H groups in total. The predicted octanol–water partition coefficient (Wildman–Crippen LogP) is 2.98. The smallest absolute Gasteiger partial charge is 0.274 e. The van der Waals surface area contributed by atoms with Crippen LogP contribution in [-0.2, 0) is 17.6 Å². The molecule has 0 aliphatic heterocycles. The normalized spacial score (nSPS) is 16.4. The molecule has 1 atom stereocenters. The van der Waals surface area contributed by atoms with E-state index in [2.05, 4.69) is 4.98 Å². The molecule has 128 valence electrons. The zero-order chi connectivity index (χ0) is 17.6. The lowest BCUT2D eigenvalue weighted by molar-refractivity contribution is -0.115. The van der Waals surface area contributed by atoms with Crippen LogP contribution in [0, 0.1) is 5.92 Å². The third kappa shape index (κ3) is 4.39.